The molecule has 186 valence electrons. The monoisotopic (exact) mass is 514 g/mol. The van der Waals surface area contributed by atoms with Crippen molar-refractivity contribution in [2.75, 3.05) is 17.2 Å². The number of anilines is 2. The van der Waals surface area contributed by atoms with E-state index in [1.807, 2.05) is 48.1 Å². The maximum absolute atomic E-state index is 13.4. The number of benzene rings is 1. The Balaban J connectivity index is 1.54. The van der Waals surface area contributed by atoms with Gasteiger partial charge in [0.1, 0.15) is 17.7 Å². The van der Waals surface area contributed by atoms with Crippen LogP contribution in [-0.4, -0.2) is 33.0 Å². The van der Waals surface area contributed by atoms with Crippen LogP contribution in [0.1, 0.15) is 51.0 Å². The molecule has 2 aromatic heterocycles. The lowest BCUT2D eigenvalue weighted by Crippen LogP contribution is -2.41. The van der Waals surface area contributed by atoms with Crippen LogP contribution in [0.4, 0.5) is 11.8 Å². The number of rotatable bonds is 10. The Morgan fingerprint density at radius 3 is 2.60 bits per heavy atom. The van der Waals surface area contributed by atoms with Gasteiger partial charge in [-0.05, 0) is 49.1 Å². The van der Waals surface area contributed by atoms with Gasteiger partial charge >= 0.3 is 0 Å². The molecule has 7 nitrogen and oxygen atoms in total. The van der Waals surface area contributed by atoms with Crippen molar-refractivity contribution in [2.24, 2.45) is 5.92 Å². The molecular weight excluding hydrogens is 483 g/mol. The van der Waals surface area contributed by atoms with E-state index in [1.165, 1.54) is 19.3 Å². The van der Waals surface area contributed by atoms with Crippen molar-refractivity contribution in [2.45, 2.75) is 58.0 Å². The molecule has 35 heavy (non-hydrogen) atoms. The molecule has 1 amide bonds. The van der Waals surface area contributed by atoms with Gasteiger partial charge < -0.3 is 20.5 Å². The van der Waals surface area contributed by atoms with Crippen molar-refractivity contribution in [1.29, 1.82) is 0 Å². The summed E-state index contributed by atoms with van der Waals surface area (Å²) in [5.41, 5.74) is 0.826. The van der Waals surface area contributed by atoms with E-state index < -0.39 is 6.04 Å². The summed E-state index contributed by atoms with van der Waals surface area (Å²) in [7, 11) is 0. The zero-order valence-electron chi connectivity index (χ0n) is 19.9. The van der Waals surface area contributed by atoms with E-state index in [4.69, 9.17) is 23.2 Å². The van der Waals surface area contributed by atoms with Crippen LogP contribution in [0.25, 0.3) is 5.82 Å². The van der Waals surface area contributed by atoms with Gasteiger partial charge in [-0.2, -0.15) is 9.97 Å². The van der Waals surface area contributed by atoms with Crippen molar-refractivity contribution in [3.63, 3.8) is 0 Å². The molecule has 1 aliphatic carbocycles. The Hall–Kier alpha value is -2.77. The number of aromatic nitrogens is 3. The number of amides is 1. The van der Waals surface area contributed by atoms with E-state index in [0.717, 1.165) is 30.6 Å². The second kappa shape index (κ2) is 12.3. The smallest absolute Gasteiger partial charge is 0.242 e. The van der Waals surface area contributed by atoms with Gasteiger partial charge in [0.25, 0.3) is 0 Å². The van der Waals surface area contributed by atoms with Gasteiger partial charge in [0.15, 0.2) is 0 Å². The van der Waals surface area contributed by atoms with E-state index in [2.05, 4.69) is 25.9 Å². The summed E-state index contributed by atoms with van der Waals surface area (Å²) in [5.74, 6) is 2.29. The molecule has 0 bridgehead atoms. The van der Waals surface area contributed by atoms with E-state index >= 15 is 0 Å². The lowest BCUT2D eigenvalue weighted by atomic mass is 9.84. The molecule has 3 aromatic rings. The standard InChI is InChI=1S/C26H32Cl2N6O/c1-2-29-26-32-23(16-24(33-26)34-12-6-7-13-34)31-22(14-18-8-4-3-5-9-18)25(35)30-17-19-10-11-20(27)15-21(19)28/h6-7,10-13,15-16,18,22H,2-5,8-9,14,17H2,1H3,(H,30,35)(H2,29,31,32,33). The fraction of sp³-hybridized carbons (Fsp3) is 0.423. The van der Waals surface area contributed by atoms with Crippen LogP contribution in [0.5, 0.6) is 0 Å². The number of hydrogen-bond donors (Lipinski definition) is 3. The summed E-state index contributed by atoms with van der Waals surface area (Å²) in [5, 5.41) is 10.8. The van der Waals surface area contributed by atoms with Gasteiger partial charge in [-0.25, -0.2) is 0 Å². The zero-order valence-corrected chi connectivity index (χ0v) is 21.4. The van der Waals surface area contributed by atoms with Crippen LogP contribution < -0.4 is 16.0 Å². The Morgan fingerprint density at radius 2 is 1.89 bits per heavy atom. The normalized spacial score (nSPS) is 14.9. The molecule has 1 saturated carbocycles. The van der Waals surface area contributed by atoms with Crippen LogP contribution in [-0.2, 0) is 11.3 Å². The number of nitrogens with one attached hydrogen (secondary N) is 3. The molecule has 0 radical (unpaired) electrons. The Kier molecular flexibility index (Phi) is 8.88. The highest BCUT2D eigenvalue weighted by Gasteiger charge is 2.25. The minimum Gasteiger partial charge on any atom is -0.358 e. The molecule has 9 heteroatoms. The first-order chi connectivity index (χ1) is 17.0. The first-order valence-corrected chi connectivity index (χ1v) is 13.0. The van der Waals surface area contributed by atoms with Gasteiger partial charge in [-0.1, -0.05) is 61.4 Å². The molecule has 1 aromatic carbocycles. The van der Waals surface area contributed by atoms with Crippen molar-refractivity contribution in [1.82, 2.24) is 19.9 Å². The molecule has 0 saturated heterocycles. The van der Waals surface area contributed by atoms with Gasteiger partial charge in [0.2, 0.25) is 11.9 Å². The first-order valence-electron chi connectivity index (χ1n) is 12.3. The SMILES string of the molecule is CCNc1nc(NC(CC2CCCCC2)C(=O)NCc2ccc(Cl)cc2Cl)cc(-n2cccc2)n1. The third-order valence-corrected chi connectivity index (χ3v) is 6.90. The molecule has 1 fully saturated rings. The van der Waals surface area contributed by atoms with Crippen LogP contribution in [0.15, 0.2) is 48.8 Å². The molecule has 1 aliphatic rings. The number of nitrogens with zero attached hydrogens (tertiary/aromatic N) is 3. The van der Waals surface area contributed by atoms with Crippen LogP contribution in [0.3, 0.4) is 0 Å². The van der Waals surface area contributed by atoms with Crippen molar-refractivity contribution < 1.29 is 4.79 Å². The minimum absolute atomic E-state index is 0.0762. The van der Waals surface area contributed by atoms with Gasteiger partial charge in [0.05, 0.1) is 0 Å². The predicted molar refractivity (Wildman–Crippen MR) is 142 cm³/mol. The van der Waals surface area contributed by atoms with E-state index in [9.17, 15) is 4.79 Å². The van der Waals surface area contributed by atoms with Crippen molar-refractivity contribution in [3.05, 3.63) is 64.4 Å². The fourth-order valence-corrected chi connectivity index (χ4v) is 4.98. The van der Waals surface area contributed by atoms with Crippen molar-refractivity contribution >= 4 is 40.9 Å². The van der Waals surface area contributed by atoms with E-state index in [-0.39, 0.29) is 5.91 Å². The Morgan fingerprint density at radius 1 is 1.11 bits per heavy atom. The third kappa shape index (κ3) is 7.12. The van der Waals surface area contributed by atoms with Gasteiger partial charge in [0, 0.05) is 41.6 Å². The quantitative estimate of drug-likeness (QED) is 0.305. The summed E-state index contributed by atoms with van der Waals surface area (Å²) in [6.45, 7) is 3.03. The number of carbonyl (C=O) groups excluding carboxylic acids is 1. The van der Waals surface area contributed by atoms with Crippen LogP contribution in [0, 0.1) is 5.92 Å². The second-order valence-electron chi connectivity index (χ2n) is 8.95. The summed E-state index contributed by atoms with van der Waals surface area (Å²) in [4.78, 5) is 22.6. The number of carbonyl (C=O) groups is 1. The van der Waals surface area contributed by atoms with Crippen molar-refractivity contribution in [3.8, 4) is 5.82 Å². The zero-order chi connectivity index (χ0) is 24.6. The summed E-state index contributed by atoms with van der Waals surface area (Å²) in [6, 6.07) is 10.6. The molecule has 2 heterocycles. The lowest BCUT2D eigenvalue weighted by Gasteiger charge is -2.27. The molecule has 0 aliphatic heterocycles. The lowest BCUT2D eigenvalue weighted by molar-refractivity contribution is -0.122. The summed E-state index contributed by atoms with van der Waals surface area (Å²) >= 11 is 12.3. The highest BCUT2D eigenvalue weighted by atomic mass is 35.5. The topological polar surface area (TPSA) is 83.9 Å². The fourth-order valence-electron chi connectivity index (χ4n) is 4.50. The summed E-state index contributed by atoms with van der Waals surface area (Å²) < 4.78 is 1.92. The maximum atomic E-state index is 13.4. The largest absolute Gasteiger partial charge is 0.358 e. The van der Waals surface area contributed by atoms with E-state index in [0.29, 0.717) is 40.8 Å². The molecule has 1 atom stereocenters. The third-order valence-electron chi connectivity index (χ3n) is 6.32. The maximum Gasteiger partial charge on any atom is 0.242 e. The molecule has 3 N–H and O–H groups in total. The molecule has 0 spiro atoms. The molecular formula is C26H32Cl2N6O. The highest BCUT2D eigenvalue weighted by Crippen LogP contribution is 2.29. The highest BCUT2D eigenvalue weighted by molar-refractivity contribution is 6.35. The second-order valence-corrected chi connectivity index (χ2v) is 9.79. The van der Waals surface area contributed by atoms with E-state index in [1.54, 1.807) is 12.1 Å². The molecule has 1 unspecified atom stereocenters. The Labute approximate surface area is 216 Å². The molecule has 4 rings (SSSR count). The van der Waals surface area contributed by atoms with Gasteiger partial charge in [-0.3, -0.25) is 4.79 Å². The minimum atomic E-state index is -0.425. The average molecular weight is 515 g/mol. The number of hydrogen-bond acceptors (Lipinski definition) is 5. The van der Waals surface area contributed by atoms with Crippen LogP contribution in [0.2, 0.25) is 10.0 Å². The summed E-state index contributed by atoms with van der Waals surface area (Å²) in [6.07, 6.45) is 10.6. The van der Waals surface area contributed by atoms with Crippen LogP contribution >= 0.6 is 23.2 Å². The predicted octanol–water partition coefficient (Wildman–Crippen LogP) is 6.07. The van der Waals surface area contributed by atoms with Gasteiger partial charge in [-0.15, -0.1) is 0 Å². The Bertz CT molecular complexity index is 1120. The number of halogens is 2. The first kappa shape index (κ1) is 25.3. The average Bonchev–Trinajstić information content (AvgIpc) is 3.39.